The molecule has 1 heterocycles. The Balaban J connectivity index is 1.82. The second-order valence-corrected chi connectivity index (χ2v) is 6.92. The summed E-state index contributed by atoms with van der Waals surface area (Å²) >= 11 is 5.59. The van der Waals surface area contributed by atoms with Crippen LogP contribution < -0.4 is 10.1 Å². The molecule has 0 bridgehead atoms. The fourth-order valence-corrected chi connectivity index (χ4v) is 3.43. The van der Waals surface area contributed by atoms with Gasteiger partial charge in [0.15, 0.2) is 5.11 Å². The quantitative estimate of drug-likeness (QED) is 0.784. The Morgan fingerprint density at radius 2 is 1.92 bits per heavy atom. The third-order valence-corrected chi connectivity index (χ3v) is 5.39. The number of nitrogens with one attached hydrogen (secondary N) is 1. The summed E-state index contributed by atoms with van der Waals surface area (Å²) in [7, 11) is 2.25. The number of anilines is 1. The number of benzene rings is 1. The maximum Gasteiger partial charge on any atom is 0.173 e. The largest absolute Gasteiger partial charge is 0.494 e. The molecule has 0 amide bonds. The van der Waals surface area contributed by atoms with Crippen LogP contribution in [0.25, 0.3) is 0 Å². The van der Waals surface area contributed by atoms with E-state index in [9.17, 15) is 0 Å². The number of rotatable bonds is 6. The number of likely N-dealkylation sites (tertiary alicyclic amines) is 1. The van der Waals surface area contributed by atoms with E-state index in [1.165, 1.54) is 19.3 Å². The van der Waals surface area contributed by atoms with E-state index in [2.05, 4.69) is 36.0 Å². The molecule has 0 saturated carbocycles. The van der Waals surface area contributed by atoms with Crippen molar-refractivity contribution in [3.05, 3.63) is 24.3 Å². The Morgan fingerprint density at radius 3 is 2.46 bits per heavy atom. The molecular weight excluding hydrogens is 318 g/mol. The van der Waals surface area contributed by atoms with E-state index in [0.717, 1.165) is 29.6 Å². The molecule has 1 atom stereocenters. The molecule has 134 valence electrons. The van der Waals surface area contributed by atoms with Gasteiger partial charge in [-0.15, -0.1) is 0 Å². The van der Waals surface area contributed by atoms with E-state index in [-0.39, 0.29) is 0 Å². The lowest BCUT2D eigenvalue weighted by Crippen LogP contribution is -2.48. The lowest BCUT2D eigenvalue weighted by molar-refractivity contribution is 0.126. The normalized spacial score (nSPS) is 17.0. The van der Waals surface area contributed by atoms with E-state index in [1.54, 1.807) is 0 Å². The second-order valence-electron chi connectivity index (χ2n) is 6.53. The molecule has 1 aromatic carbocycles. The molecule has 1 unspecified atom stereocenters. The lowest BCUT2D eigenvalue weighted by Gasteiger charge is -2.40. The SMILES string of the molecule is CCOc1ccc(NC(=S)N2CCC(N(C)C(C)CC)CC2)cc1. The number of thiocarbonyl (C=S) groups is 1. The van der Waals surface area contributed by atoms with Crippen molar-refractivity contribution in [2.45, 2.75) is 52.1 Å². The highest BCUT2D eigenvalue weighted by Gasteiger charge is 2.25. The third-order valence-electron chi connectivity index (χ3n) is 5.03. The molecule has 0 spiro atoms. The van der Waals surface area contributed by atoms with Crippen molar-refractivity contribution in [1.29, 1.82) is 0 Å². The zero-order valence-electron chi connectivity index (χ0n) is 15.4. The van der Waals surface area contributed by atoms with Crippen molar-refractivity contribution in [3.63, 3.8) is 0 Å². The van der Waals surface area contributed by atoms with Crippen molar-refractivity contribution in [1.82, 2.24) is 9.80 Å². The molecule has 1 saturated heterocycles. The standard InChI is InChI=1S/C19H31N3OS/c1-5-15(3)21(4)17-11-13-22(14-12-17)19(24)20-16-7-9-18(10-8-16)23-6-2/h7-10,15,17H,5-6,11-14H2,1-4H3,(H,20,24). The summed E-state index contributed by atoms with van der Waals surface area (Å²) < 4.78 is 5.47. The van der Waals surface area contributed by atoms with E-state index in [0.29, 0.717) is 18.7 Å². The van der Waals surface area contributed by atoms with Crippen LogP contribution in [-0.2, 0) is 0 Å². The summed E-state index contributed by atoms with van der Waals surface area (Å²) in [5.74, 6) is 0.892. The van der Waals surface area contributed by atoms with Crippen LogP contribution in [0.15, 0.2) is 24.3 Å². The van der Waals surface area contributed by atoms with E-state index in [1.807, 2.05) is 31.2 Å². The molecule has 2 rings (SSSR count). The summed E-state index contributed by atoms with van der Waals surface area (Å²) in [4.78, 5) is 4.81. The van der Waals surface area contributed by atoms with Gasteiger partial charge in [-0.3, -0.25) is 0 Å². The topological polar surface area (TPSA) is 27.7 Å². The molecule has 5 heteroatoms. The van der Waals surface area contributed by atoms with Crippen LogP contribution >= 0.6 is 12.2 Å². The highest BCUT2D eigenvalue weighted by molar-refractivity contribution is 7.80. The molecule has 1 fully saturated rings. The van der Waals surface area contributed by atoms with Crippen LogP contribution in [0.2, 0.25) is 0 Å². The van der Waals surface area contributed by atoms with Gasteiger partial charge in [0.1, 0.15) is 5.75 Å². The predicted molar refractivity (Wildman–Crippen MR) is 106 cm³/mol. The van der Waals surface area contributed by atoms with Gasteiger partial charge in [0.2, 0.25) is 0 Å². The van der Waals surface area contributed by atoms with E-state index in [4.69, 9.17) is 17.0 Å². The third kappa shape index (κ3) is 5.08. The minimum Gasteiger partial charge on any atom is -0.494 e. The van der Waals surface area contributed by atoms with Gasteiger partial charge in [0, 0.05) is 30.9 Å². The Hall–Kier alpha value is -1.33. The second kappa shape index (κ2) is 9.23. The van der Waals surface area contributed by atoms with Crippen LogP contribution in [0.4, 0.5) is 5.69 Å². The minimum absolute atomic E-state index is 0.649. The minimum atomic E-state index is 0.649. The maximum atomic E-state index is 5.59. The zero-order chi connectivity index (χ0) is 17.5. The molecule has 1 N–H and O–H groups in total. The number of piperidine rings is 1. The molecule has 1 aliphatic heterocycles. The van der Waals surface area contributed by atoms with Gasteiger partial charge < -0.3 is 19.9 Å². The van der Waals surface area contributed by atoms with Gasteiger partial charge in [0.25, 0.3) is 0 Å². The first-order valence-electron chi connectivity index (χ1n) is 9.05. The molecule has 1 aliphatic rings. The van der Waals surface area contributed by atoms with Gasteiger partial charge in [-0.1, -0.05) is 6.92 Å². The van der Waals surface area contributed by atoms with Crippen LogP contribution in [0.3, 0.4) is 0 Å². The van der Waals surface area contributed by atoms with Crippen LogP contribution in [-0.4, -0.2) is 53.7 Å². The Morgan fingerprint density at radius 1 is 1.29 bits per heavy atom. The predicted octanol–water partition coefficient (Wildman–Crippen LogP) is 3.98. The smallest absolute Gasteiger partial charge is 0.173 e. The van der Waals surface area contributed by atoms with E-state index < -0.39 is 0 Å². The summed E-state index contributed by atoms with van der Waals surface area (Å²) in [6, 6.07) is 9.30. The molecule has 0 aromatic heterocycles. The molecule has 4 nitrogen and oxygen atoms in total. The number of nitrogens with zero attached hydrogens (tertiary/aromatic N) is 2. The van der Waals surface area contributed by atoms with Gasteiger partial charge in [-0.05, 0) is 76.6 Å². The van der Waals surface area contributed by atoms with Crippen molar-refractivity contribution in [2.24, 2.45) is 0 Å². The molecule has 0 radical (unpaired) electrons. The highest BCUT2D eigenvalue weighted by Crippen LogP contribution is 2.20. The maximum absolute atomic E-state index is 5.59. The Kier molecular flexibility index (Phi) is 7.31. The Labute approximate surface area is 152 Å². The molecular formula is C19H31N3OS. The van der Waals surface area contributed by atoms with Gasteiger partial charge in [0.05, 0.1) is 6.61 Å². The fourth-order valence-electron chi connectivity index (χ4n) is 3.13. The van der Waals surface area contributed by atoms with Crippen molar-refractivity contribution in [2.75, 3.05) is 32.1 Å². The van der Waals surface area contributed by atoms with Crippen LogP contribution in [0.1, 0.15) is 40.0 Å². The summed E-state index contributed by atoms with van der Waals surface area (Å²) in [5, 5.41) is 4.17. The molecule has 0 aliphatic carbocycles. The van der Waals surface area contributed by atoms with Crippen molar-refractivity contribution >= 4 is 23.0 Å². The Bertz CT molecular complexity index is 512. The van der Waals surface area contributed by atoms with Crippen molar-refractivity contribution < 1.29 is 4.74 Å². The zero-order valence-corrected chi connectivity index (χ0v) is 16.2. The number of hydrogen-bond donors (Lipinski definition) is 1. The van der Waals surface area contributed by atoms with Gasteiger partial charge >= 0.3 is 0 Å². The van der Waals surface area contributed by atoms with E-state index >= 15 is 0 Å². The van der Waals surface area contributed by atoms with Crippen LogP contribution in [0, 0.1) is 0 Å². The van der Waals surface area contributed by atoms with Gasteiger partial charge in [-0.25, -0.2) is 0 Å². The molecule has 1 aromatic rings. The fraction of sp³-hybridized carbons (Fsp3) is 0.632. The summed E-state index contributed by atoms with van der Waals surface area (Å²) in [6.07, 6.45) is 3.55. The average Bonchev–Trinajstić information content (AvgIpc) is 2.62. The lowest BCUT2D eigenvalue weighted by atomic mass is 10.0. The highest BCUT2D eigenvalue weighted by atomic mass is 32.1. The van der Waals surface area contributed by atoms with Gasteiger partial charge in [-0.2, -0.15) is 0 Å². The molecule has 24 heavy (non-hydrogen) atoms. The monoisotopic (exact) mass is 349 g/mol. The first-order chi connectivity index (χ1) is 11.5. The summed E-state index contributed by atoms with van der Waals surface area (Å²) in [6.45, 7) is 9.29. The number of ether oxygens (including phenoxy) is 1. The number of hydrogen-bond acceptors (Lipinski definition) is 3. The first kappa shape index (κ1) is 19.0. The van der Waals surface area contributed by atoms with Crippen molar-refractivity contribution in [3.8, 4) is 5.75 Å². The first-order valence-corrected chi connectivity index (χ1v) is 9.46. The average molecular weight is 350 g/mol. The summed E-state index contributed by atoms with van der Waals surface area (Å²) in [5.41, 5.74) is 1.02. The van der Waals surface area contributed by atoms with Crippen LogP contribution in [0.5, 0.6) is 5.75 Å².